The number of sulfonamides is 1. The summed E-state index contributed by atoms with van der Waals surface area (Å²) >= 11 is 1.30. The van der Waals surface area contributed by atoms with E-state index in [0.29, 0.717) is 36.6 Å². The van der Waals surface area contributed by atoms with E-state index in [9.17, 15) is 13.2 Å². The zero-order valence-electron chi connectivity index (χ0n) is 14.4. The summed E-state index contributed by atoms with van der Waals surface area (Å²) in [7, 11) is -1.81. The van der Waals surface area contributed by atoms with Gasteiger partial charge >= 0.3 is 0 Å². The molecule has 1 fully saturated rings. The van der Waals surface area contributed by atoms with E-state index in [1.165, 1.54) is 21.8 Å². The second-order valence-corrected chi connectivity index (χ2v) is 9.33. The van der Waals surface area contributed by atoms with Gasteiger partial charge in [0.1, 0.15) is 4.90 Å². The van der Waals surface area contributed by atoms with Crippen molar-refractivity contribution in [3.63, 3.8) is 0 Å². The van der Waals surface area contributed by atoms with Crippen LogP contribution in [-0.4, -0.2) is 46.5 Å². The van der Waals surface area contributed by atoms with Crippen LogP contribution in [0.5, 0.6) is 0 Å². The van der Waals surface area contributed by atoms with Crippen molar-refractivity contribution in [2.24, 2.45) is 12.8 Å². The van der Waals surface area contributed by atoms with Crippen LogP contribution < -0.4 is 5.73 Å². The second kappa shape index (κ2) is 6.50. The smallest absolute Gasteiger partial charge is 0.277 e. The number of piperidine rings is 1. The first-order chi connectivity index (χ1) is 11.7. The van der Waals surface area contributed by atoms with Crippen LogP contribution in [-0.2, 0) is 17.1 Å². The predicted molar refractivity (Wildman–Crippen MR) is 94.0 cm³/mol. The summed E-state index contributed by atoms with van der Waals surface area (Å²) in [6.07, 6.45) is 2.74. The van der Waals surface area contributed by atoms with Gasteiger partial charge in [0.2, 0.25) is 10.0 Å². The molecule has 0 bridgehead atoms. The lowest BCUT2D eigenvalue weighted by Crippen LogP contribution is -2.38. The molecule has 3 heterocycles. The number of hydrogen-bond acceptors (Lipinski definition) is 6. The highest BCUT2D eigenvalue weighted by Gasteiger charge is 2.33. The van der Waals surface area contributed by atoms with Gasteiger partial charge in [-0.1, -0.05) is 0 Å². The quantitative estimate of drug-likeness (QED) is 0.852. The van der Waals surface area contributed by atoms with E-state index in [2.05, 4.69) is 10.1 Å². The number of nitrogens with zero attached hydrogens (tertiary/aromatic N) is 4. The van der Waals surface area contributed by atoms with Crippen LogP contribution >= 0.6 is 11.3 Å². The molecule has 0 unspecified atom stereocenters. The Morgan fingerprint density at radius 1 is 1.32 bits per heavy atom. The van der Waals surface area contributed by atoms with Crippen LogP contribution in [0.1, 0.15) is 44.8 Å². The van der Waals surface area contributed by atoms with Crippen LogP contribution in [0.25, 0.3) is 0 Å². The maximum atomic E-state index is 12.8. The van der Waals surface area contributed by atoms with Crippen molar-refractivity contribution in [1.82, 2.24) is 19.1 Å². The van der Waals surface area contributed by atoms with Crippen LogP contribution in [0.2, 0.25) is 0 Å². The Kier molecular flexibility index (Phi) is 4.69. The number of primary amides is 1. The zero-order valence-corrected chi connectivity index (χ0v) is 16.0. The SMILES string of the molecule is Cc1sc(C(N)=O)nc1C1CCN(S(=O)(=O)c2cnn(C)c2C)CC1. The Balaban J connectivity index is 1.76. The molecule has 0 saturated carbocycles. The molecule has 2 aromatic heterocycles. The van der Waals surface area contributed by atoms with Gasteiger partial charge in [-0.3, -0.25) is 9.48 Å². The van der Waals surface area contributed by atoms with Crippen molar-refractivity contribution in [3.8, 4) is 0 Å². The first-order valence-corrected chi connectivity index (χ1v) is 10.2. The Morgan fingerprint density at radius 3 is 2.44 bits per heavy atom. The summed E-state index contributed by atoms with van der Waals surface area (Å²) in [4.78, 5) is 16.9. The summed E-state index contributed by atoms with van der Waals surface area (Å²) in [5.74, 6) is -0.378. The number of aryl methyl sites for hydroxylation is 2. The molecule has 25 heavy (non-hydrogen) atoms. The van der Waals surface area contributed by atoms with Crippen molar-refractivity contribution in [3.05, 3.63) is 27.5 Å². The summed E-state index contributed by atoms with van der Waals surface area (Å²) < 4.78 is 28.7. The normalized spacial score (nSPS) is 17.1. The van der Waals surface area contributed by atoms with Crippen LogP contribution in [0.15, 0.2) is 11.1 Å². The number of nitrogens with two attached hydrogens (primary N) is 1. The van der Waals surface area contributed by atoms with E-state index < -0.39 is 15.9 Å². The van der Waals surface area contributed by atoms with E-state index in [0.717, 1.165) is 10.6 Å². The molecule has 1 saturated heterocycles. The van der Waals surface area contributed by atoms with Crippen molar-refractivity contribution in [2.75, 3.05) is 13.1 Å². The summed E-state index contributed by atoms with van der Waals surface area (Å²) in [5.41, 5.74) is 6.80. The van der Waals surface area contributed by atoms with E-state index in [4.69, 9.17) is 5.73 Å². The molecular formula is C15H21N5O3S2. The number of aromatic nitrogens is 3. The fourth-order valence-electron chi connectivity index (χ4n) is 3.13. The van der Waals surface area contributed by atoms with Gasteiger partial charge in [-0.25, -0.2) is 13.4 Å². The monoisotopic (exact) mass is 383 g/mol. The van der Waals surface area contributed by atoms with Crippen molar-refractivity contribution >= 4 is 27.3 Å². The average molecular weight is 383 g/mol. The Labute approximate surface area is 150 Å². The maximum absolute atomic E-state index is 12.8. The third-order valence-electron chi connectivity index (χ3n) is 4.69. The highest BCUT2D eigenvalue weighted by molar-refractivity contribution is 7.89. The number of carbonyl (C=O) groups excluding carboxylic acids is 1. The largest absolute Gasteiger partial charge is 0.364 e. The second-order valence-electron chi connectivity index (χ2n) is 6.22. The molecule has 1 amide bonds. The topological polar surface area (TPSA) is 111 Å². The first-order valence-electron chi connectivity index (χ1n) is 7.97. The average Bonchev–Trinajstić information content (AvgIpc) is 3.11. The molecule has 0 aromatic carbocycles. The van der Waals surface area contributed by atoms with E-state index in [1.807, 2.05) is 6.92 Å². The Morgan fingerprint density at radius 2 is 1.96 bits per heavy atom. The predicted octanol–water partition coefficient (Wildman–Crippen LogP) is 1.16. The molecule has 2 aromatic rings. The maximum Gasteiger partial charge on any atom is 0.277 e. The highest BCUT2D eigenvalue weighted by Crippen LogP contribution is 2.34. The lowest BCUT2D eigenvalue weighted by atomic mass is 9.94. The van der Waals surface area contributed by atoms with Gasteiger partial charge in [0.05, 0.1) is 17.6 Å². The molecule has 0 aliphatic carbocycles. The lowest BCUT2D eigenvalue weighted by molar-refractivity contribution is 0.0999. The minimum Gasteiger partial charge on any atom is -0.364 e. The van der Waals surface area contributed by atoms with E-state index in [1.54, 1.807) is 18.7 Å². The third kappa shape index (κ3) is 3.21. The molecule has 3 rings (SSSR count). The molecule has 8 nitrogen and oxygen atoms in total. The molecule has 1 aliphatic rings. The fraction of sp³-hybridized carbons (Fsp3) is 0.533. The van der Waals surface area contributed by atoms with Crippen LogP contribution in [0.3, 0.4) is 0 Å². The van der Waals surface area contributed by atoms with Gasteiger partial charge in [-0.05, 0) is 26.7 Å². The number of amides is 1. The minimum atomic E-state index is -3.54. The lowest BCUT2D eigenvalue weighted by Gasteiger charge is -2.30. The minimum absolute atomic E-state index is 0.144. The standard InChI is InChI=1S/C15H21N5O3S2/c1-9-12(8-17-19(9)3)25(22,23)20-6-4-11(5-7-20)13-10(2)24-15(18-13)14(16)21/h8,11H,4-7H2,1-3H3,(H2,16,21). The summed E-state index contributed by atoms with van der Waals surface area (Å²) in [6, 6.07) is 0. The number of carbonyl (C=O) groups is 1. The molecule has 0 spiro atoms. The van der Waals surface area contributed by atoms with Gasteiger partial charge in [-0.15, -0.1) is 11.3 Å². The van der Waals surface area contributed by atoms with Crippen LogP contribution in [0, 0.1) is 13.8 Å². The van der Waals surface area contributed by atoms with E-state index >= 15 is 0 Å². The number of rotatable bonds is 4. The zero-order chi connectivity index (χ0) is 18.4. The van der Waals surface area contributed by atoms with Gasteiger partial charge in [0.15, 0.2) is 5.01 Å². The van der Waals surface area contributed by atoms with Gasteiger partial charge < -0.3 is 5.73 Å². The van der Waals surface area contributed by atoms with Gasteiger partial charge in [0.25, 0.3) is 5.91 Å². The first kappa shape index (κ1) is 18.0. The Bertz CT molecular complexity index is 908. The third-order valence-corrected chi connectivity index (χ3v) is 7.69. The summed E-state index contributed by atoms with van der Waals surface area (Å²) in [5, 5.41) is 4.34. The van der Waals surface area contributed by atoms with E-state index in [-0.39, 0.29) is 10.8 Å². The number of thiazole rings is 1. The van der Waals surface area contributed by atoms with Crippen molar-refractivity contribution in [2.45, 2.75) is 37.5 Å². The fourth-order valence-corrected chi connectivity index (χ4v) is 5.64. The Hall–Kier alpha value is -1.78. The highest BCUT2D eigenvalue weighted by atomic mass is 32.2. The van der Waals surface area contributed by atoms with Crippen LogP contribution in [0.4, 0.5) is 0 Å². The molecule has 1 aliphatic heterocycles. The molecular weight excluding hydrogens is 362 g/mol. The molecule has 0 radical (unpaired) electrons. The molecule has 0 atom stereocenters. The molecule has 10 heteroatoms. The van der Waals surface area contributed by atoms with Gasteiger partial charge in [-0.2, -0.15) is 9.40 Å². The van der Waals surface area contributed by atoms with Crippen molar-refractivity contribution < 1.29 is 13.2 Å². The number of hydrogen-bond donors (Lipinski definition) is 1. The summed E-state index contributed by atoms with van der Waals surface area (Å²) in [6.45, 7) is 4.51. The molecule has 136 valence electrons. The molecule has 2 N–H and O–H groups in total. The van der Waals surface area contributed by atoms with Gasteiger partial charge in [0, 0.05) is 30.9 Å². The van der Waals surface area contributed by atoms with Crippen molar-refractivity contribution in [1.29, 1.82) is 0 Å².